The van der Waals surface area contributed by atoms with E-state index >= 15 is 0 Å². The van der Waals surface area contributed by atoms with Crippen molar-refractivity contribution in [2.24, 2.45) is 0 Å². The van der Waals surface area contributed by atoms with Gasteiger partial charge in [-0.2, -0.15) is 0 Å². The molecule has 28 heavy (non-hydrogen) atoms. The summed E-state index contributed by atoms with van der Waals surface area (Å²) in [7, 11) is 1.68. The van der Waals surface area contributed by atoms with Gasteiger partial charge >= 0.3 is 0 Å². The molecule has 148 valence electrons. The highest BCUT2D eigenvalue weighted by molar-refractivity contribution is 5.93. The van der Waals surface area contributed by atoms with Crippen molar-refractivity contribution >= 4 is 17.4 Å². The molecule has 7 nitrogen and oxygen atoms in total. The van der Waals surface area contributed by atoms with Crippen LogP contribution in [0.1, 0.15) is 29.8 Å². The molecule has 0 atom stereocenters. The van der Waals surface area contributed by atoms with Crippen molar-refractivity contribution in [3.63, 3.8) is 0 Å². The Morgan fingerprint density at radius 1 is 0.929 bits per heavy atom. The third kappa shape index (κ3) is 4.03. The van der Waals surface area contributed by atoms with Crippen LogP contribution in [0.3, 0.4) is 0 Å². The lowest BCUT2D eigenvalue weighted by Gasteiger charge is -2.36. The Hall–Kier alpha value is -2.83. The second-order valence-corrected chi connectivity index (χ2v) is 7.29. The Balaban J connectivity index is 1.40. The highest BCUT2D eigenvalue weighted by Gasteiger charge is 2.24. The van der Waals surface area contributed by atoms with Crippen molar-refractivity contribution in [2.45, 2.75) is 19.3 Å². The summed E-state index contributed by atoms with van der Waals surface area (Å²) in [5.41, 5.74) is 1.62. The minimum absolute atomic E-state index is 0.00838. The second-order valence-electron chi connectivity index (χ2n) is 7.29. The maximum atomic E-state index is 13.0. The first kappa shape index (κ1) is 18.5. The van der Waals surface area contributed by atoms with E-state index in [1.165, 1.54) is 25.6 Å². The summed E-state index contributed by atoms with van der Waals surface area (Å²) in [5, 5.41) is 0. The normalized spacial score (nSPS) is 17.5. The van der Waals surface area contributed by atoms with Gasteiger partial charge < -0.3 is 19.4 Å². The molecule has 4 rings (SSSR count). The van der Waals surface area contributed by atoms with Crippen molar-refractivity contribution in [2.75, 3.05) is 56.2 Å². The lowest BCUT2D eigenvalue weighted by Crippen LogP contribution is -2.49. The van der Waals surface area contributed by atoms with Gasteiger partial charge in [-0.15, -0.1) is 0 Å². The van der Waals surface area contributed by atoms with Crippen molar-refractivity contribution < 1.29 is 9.53 Å². The summed E-state index contributed by atoms with van der Waals surface area (Å²) in [6.45, 7) is 4.96. The van der Waals surface area contributed by atoms with Crippen molar-refractivity contribution in [3.05, 3.63) is 42.4 Å². The number of amides is 1. The first-order valence-electron chi connectivity index (χ1n) is 10.00. The van der Waals surface area contributed by atoms with Gasteiger partial charge in [0.1, 0.15) is 23.6 Å². The van der Waals surface area contributed by atoms with Crippen molar-refractivity contribution in [3.8, 4) is 5.75 Å². The Morgan fingerprint density at radius 2 is 1.71 bits per heavy atom. The molecule has 1 amide bonds. The average molecular weight is 381 g/mol. The third-order valence-corrected chi connectivity index (χ3v) is 5.54. The molecule has 1 aromatic heterocycles. The Labute approximate surface area is 165 Å². The first-order valence-corrected chi connectivity index (χ1v) is 10.00. The number of aromatic nitrogens is 2. The highest BCUT2D eigenvalue weighted by Crippen LogP contribution is 2.23. The molecule has 0 bridgehead atoms. The van der Waals surface area contributed by atoms with E-state index in [0.717, 1.165) is 43.4 Å². The summed E-state index contributed by atoms with van der Waals surface area (Å²) >= 11 is 0. The van der Waals surface area contributed by atoms with E-state index < -0.39 is 0 Å². The zero-order chi connectivity index (χ0) is 19.3. The summed E-state index contributed by atoms with van der Waals surface area (Å²) in [6, 6.07) is 9.90. The number of rotatable bonds is 4. The lowest BCUT2D eigenvalue weighted by atomic mass is 10.1. The van der Waals surface area contributed by atoms with Crippen molar-refractivity contribution in [1.29, 1.82) is 0 Å². The van der Waals surface area contributed by atoms with Crippen LogP contribution in [0.4, 0.5) is 11.5 Å². The molecule has 0 saturated carbocycles. The molecule has 2 saturated heterocycles. The molecule has 3 heterocycles. The maximum Gasteiger partial charge on any atom is 0.272 e. The molecule has 0 aliphatic carbocycles. The zero-order valence-corrected chi connectivity index (χ0v) is 16.4. The van der Waals surface area contributed by atoms with Gasteiger partial charge in [0, 0.05) is 57.1 Å². The number of nitrogens with zero attached hydrogens (tertiary/aromatic N) is 5. The highest BCUT2D eigenvalue weighted by atomic mass is 16.5. The summed E-state index contributed by atoms with van der Waals surface area (Å²) in [4.78, 5) is 28.0. The number of ether oxygens (including phenoxy) is 1. The molecule has 0 spiro atoms. The second kappa shape index (κ2) is 8.46. The van der Waals surface area contributed by atoms with Crippen LogP contribution >= 0.6 is 0 Å². The molecule has 7 heteroatoms. The monoisotopic (exact) mass is 381 g/mol. The predicted octanol–water partition coefficient (Wildman–Crippen LogP) is 2.44. The van der Waals surface area contributed by atoms with Gasteiger partial charge in [-0.3, -0.25) is 4.79 Å². The molecule has 1 aromatic carbocycles. The van der Waals surface area contributed by atoms with Gasteiger partial charge in [0.15, 0.2) is 0 Å². The van der Waals surface area contributed by atoms with Crippen LogP contribution in [0, 0.1) is 0 Å². The molecule has 2 aliphatic heterocycles. The van der Waals surface area contributed by atoms with Gasteiger partial charge in [-0.1, -0.05) is 6.07 Å². The minimum atomic E-state index is -0.00838. The quantitative estimate of drug-likeness (QED) is 0.811. The van der Waals surface area contributed by atoms with Crippen LogP contribution in [0.15, 0.2) is 36.7 Å². The van der Waals surface area contributed by atoms with Gasteiger partial charge in [-0.25, -0.2) is 9.97 Å². The van der Waals surface area contributed by atoms with Gasteiger partial charge in [0.25, 0.3) is 5.91 Å². The van der Waals surface area contributed by atoms with Crippen LogP contribution < -0.4 is 14.5 Å². The fraction of sp³-hybridized carbons (Fsp3) is 0.476. The Bertz CT molecular complexity index is 814. The number of carbonyl (C=O) groups excluding carboxylic acids is 1. The van der Waals surface area contributed by atoms with E-state index in [2.05, 4.69) is 25.8 Å². The first-order chi connectivity index (χ1) is 13.7. The fourth-order valence-electron chi connectivity index (χ4n) is 3.90. The number of piperazine rings is 1. The number of methoxy groups -OCH3 is 1. The molecular weight excluding hydrogens is 354 g/mol. The topological polar surface area (TPSA) is 61.8 Å². The van der Waals surface area contributed by atoms with E-state index in [1.807, 2.05) is 29.2 Å². The standard InChI is InChI=1S/C21H27N5O2/c1-28-18-7-5-6-17(14-18)24-10-12-26(13-11-24)21(27)19-15-20(23-16-22-19)25-8-3-2-4-9-25/h5-7,14-16H,2-4,8-13H2,1H3. The maximum absolute atomic E-state index is 13.0. The summed E-state index contributed by atoms with van der Waals surface area (Å²) < 4.78 is 5.31. The summed E-state index contributed by atoms with van der Waals surface area (Å²) in [6.07, 6.45) is 5.15. The zero-order valence-electron chi connectivity index (χ0n) is 16.4. The number of piperidine rings is 1. The van der Waals surface area contributed by atoms with Gasteiger partial charge in [0.05, 0.1) is 7.11 Å². The van der Waals surface area contributed by atoms with Gasteiger partial charge in [0.2, 0.25) is 0 Å². The third-order valence-electron chi connectivity index (χ3n) is 5.54. The van der Waals surface area contributed by atoms with E-state index in [1.54, 1.807) is 7.11 Å². The number of hydrogen-bond donors (Lipinski definition) is 0. The minimum Gasteiger partial charge on any atom is -0.497 e. The number of benzene rings is 1. The molecular formula is C21H27N5O2. The molecule has 2 fully saturated rings. The van der Waals surface area contributed by atoms with Gasteiger partial charge in [-0.05, 0) is 31.4 Å². The summed E-state index contributed by atoms with van der Waals surface area (Å²) in [5.74, 6) is 1.71. The van der Waals surface area contributed by atoms with E-state index in [0.29, 0.717) is 18.8 Å². The van der Waals surface area contributed by atoms with Crippen LogP contribution in [0.25, 0.3) is 0 Å². The van der Waals surface area contributed by atoms with E-state index in [9.17, 15) is 4.79 Å². The molecule has 2 aliphatic rings. The Kier molecular flexibility index (Phi) is 5.60. The largest absolute Gasteiger partial charge is 0.497 e. The fourth-order valence-corrected chi connectivity index (χ4v) is 3.90. The number of anilines is 2. The molecule has 0 radical (unpaired) electrons. The van der Waals surface area contributed by atoms with Crippen LogP contribution in [-0.4, -0.2) is 67.2 Å². The van der Waals surface area contributed by atoms with E-state index in [-0.39, 0.29) is 5.91 Å². The lowest BCUT2D eigenvalue weighted by molar-refractivity contribution is 0.0740. The average Bonchev–Trinajstić information content (AvgIpc) is 2.79. The van der Waals surface area contributed by atoms with Crippen LogP contribution in [-0.2, 0) is 0 Å². The molecule has 2 aromatic rings. The SMILES string of the molecule is COc1cccc(N2CCN(C(=O)c3cc(N4CCCCC4)ncn3)CC2)c1. The number of hydrogen-bond acceptors (Lipinski definition) is 6. The predicted molar refractivity (Wildman–Crippen MR) is 109 cm³/mol. The molecule has 0 N–H and O–H groups in total. The number of carbonyl (C=O) groups is 1. The van der Waals surface area contributed by atoms with Crippen LogP contribution in [0.2, 0.25) is 0 Å². The van der Waals surface area contributed by atoms with E-state index in [4.69, 9.17) is 4.74 Å². The smallest absolute Gasteiger partial charge is 0.272 e. The van der Waals surface area contributed by atoms with Crippen LogP contribution in [0.5, 0.6) is 5.75 Å². The Morgan fingerprint density at radius 3 is 2.46 bits per heavy atom. The van der Waals surface area contributed by atoms with Crippen molar-refractivity contribution in [1.82, 2.24) is 14.9 Å². The molecule has 0 unspecified atom stereocenters.